The minimum atomic E-state index is -0.729. The van der Waals surface area contributed by atoms with E-state index in [9.17, 15) is 14.4 Å². The summed E-state index contributed by atoms with van der Waals surface area (Å²) in [5, 5.41) is 9.42. The number of aliphatic imine (C=N–C) groups is 1. The summed E-state index contributed by atoms with van der Waals surface area (Å²) in [6, 6.07) is 29.5. The van der Waals surface area contributed by atoms with E-state index in [1.165, 1.54) is 5.56 Å². The first-order valence-corrected chi connectivity index (χ1v) is 16.4. The van der Waals surface area contributed by atoms with Gasteiger partial charge in [0, 0.05) is 25.6 Å². The summed E-state index contributed by atoms with van der Waals surface area (Å²) >= 11 is 6.17. The molecule has 11 nitrogen and oxygen atoms in total. The minimum Gasteiger partial charge on any atom is -0.494 e. The minimum absolute atomic E-state index is 0.0594. The molecule has 0 aromatic heterocycles. The van der Waals surface area contributed by atoms with Gasteiger partial charge in [0.2, 0.25) is 11.9 Å². The molecule has 0 radical (unpaired) electrons. The Balaban J connectivity index is 1.07. The number of rotatable bonds is 11. The lowest BCUT2D eigenvalue weighted by molar-refractivity contribution is -0.135. The zero-order valence-corrected chi connectivity index (χ0v) is 27.4. The van der Waals surface area contributed by atoms with E-state index in [1.807, 2.05) is 60.7 Å². The van der Waals surface area contributed by atoms with Gasteiger partial charge >= 0.3 is 12.1 Å². The highest BCUT2D eigenvalue weighted by Gasteiger charge is 2.26. The van der Waals surface area contributed by atoms with Crippen LogP contribution in [0.25, 0.3) is 0 Å². The molecule has 3 N–H and O–H groups in total. The Hall–Kier alpha value is -5.39. The molecule has 0 saturated carbocycles. The number of guanidine groups is 1. The lowest BCUT2D eigenvalue weighted by atomic mass is 9.98. The molecule has 4 aromatic carbocycles. The number of hydrogen-bond acceptors (Lipinski definition) is 9. The van der Waals surface area contributed by atoms with E-state index in [-0.39, 0.29) is 43.5 Å². The van der Waals surface area contributed by atoms with Crippen LogP contribution in [0.1, 0.15) is 41.3 Å². The first-order chi connectivity index (χ1) is 23.9. The second-order valence-electron chi connectivity index (χ2n) is 11.5. The Kier molecular flexibility index (Phi) is 11.0. The van der Waals surface area contributed by atoms with Crippen LogP contribution in [0, 0.1) is 0 Å². The number of hydrogen-bond donors (Lipinski definition) is 3. The number of esters is 1. The molecule has 6 rings (SSSR count). The number of para-hydroxylation sites is 1. The van der Waals surface area contributed by atoms with Crippen molar-refractivity contribution < 1.29 is 28.6 Å². The fourth-order valence-electron chi connectivity index (χ4n) is 5.55. The van der Waals surface area contributed by atoms with Crippen molar-refractivity contribution in [3.05, 3.63) is 124 Å². The molecular formula is C37H36ClN5O6. The quantitative estimate of drug-likeness (QED) is 0.103. The van der Waals surface area contributed by atoms with Crippen molar-refractivity contribution in [2.24, 2.45) is 4.99 Å². The van der Waals surface area contributed by atoms with Crippen molar-refractivity contribution in [1.29, 1.82) is 0 Å². The number of alkyl carbamates (subject to hydrolysis) is 1. The highest BCUT2D eigenvalue weighted by molar-refractivity contribution is 6.32. The topological polar surface area (TPSA) is 131 Å². The van der Waals surface area contributed by atoms with Gasteiger partial charge in [0.15, 0.2) is 0 Å². The summed E-state index contributed by atoms with van der Waals surface area (Å²) in [4.78, 5) is 44.7. The fourth-order valence-corrected chi connectivity index (χ4v) is 5.73. The first kappa shape index (κ1) is 33.5. The second-order valence-corrected chi connectivity index (χ2v) is 11.9. The van der Waals surface area contributed by atoms with E-state index >= 15 is 0 Å². The van der Waals surface area contributed by atoms with Crippen molar-refractivity contribution in [2.45, 2.75) is 38.6 Å². The van der Waals surface area contributed by atoms with Crippen LogP contribution in [-0.4, -0.2) is 48.5 Å². The zero-order chi connectivity index (χ0) is 34.0. The van der Waals surface area contributed by atoms with Crippen LogP contribution >= 0.6 is 11.6 Å². The Morgan fingerprint density at radius 2 is 1.73 bits per heavy atom. The normalized spacial score (nSPS) is 14.8. The molecule has 0 spiro atoms. The molecule has 49 heavy (non-hydrogen) atoms. The van der Waals surface area contributed by atoms with Gasteiger partial charge in [-0.15, -0.1) is 0 Å². The smallest absolute Gasteiger partial charge is 0.414 e. The highest BCUT2D eigenvalue weighted by atomic mass is 35.5. The van der Waals surface area contributed by atoms with Crippen LogP contribution in [0.5, 0.6) is 11.5 Å². The largest absolute Gasteiger partial charge is 0.494 e. The predicted molar refractivity (Wildman–Crippen MR) is 185 cm³/mol. The highest BCUT2D eigenvalue weighted by Crippen LogP contribution is 2.31. The first-order valence-electron chi connectivity index (χ1n) is 16.0. The summed E-state index contributed by atoms with van der Waals surface area (Å²) in [6.45, 7) is 1.23. The van der Waals surface area contributed by atoms with Crippen LogP contribution < -0.4 is 25.4 Å². The summed E-state index contributed by atoms with van der Waals surface area (Å²) in [5.41, 5.74) is 4.53. The monoisotopic (exact) mass is 681 g/mol. The van der Waals surface area contributed by atoms with Crippen molar-refractivity contribution in [1.82, 2.24) is 20.9 Å². The molecule has 12 heteroatoms. The van der Waals surface area contributed by atoms with Crippen molar-refractivity contribution >= 4 is 41.2 Å². The van der Waals surface area contributed by atoms with E-state index in [1.54, 1.807) is 35.2 Å². The van der Waals surface area contributed by atoms with Gasteiger partial charge in [-0.25, -0.2) is 14.6 Å². The molecule has 2 amide bonds. The lowest BCUT2D eigenvalue weighted by Gasteiger charge is -2.29. The molecule has 0 fully saturated rings. The SMILES string of the molecule is O=C(CCCOc1ccc2c(c1)N=C(NC(=O)OCc1ccccc1)N(CC(=O)Oc1ccccc1Cl)C2)NC1NCCc2ccccc21. The molecule has 2 aliphatic rings. The van der Waals surface area contributed by atoms with Crippen LogP contribution in [0.4, 0.5) is 10.5 Å². The van der Waals surface area contributed by atoms with Crippen molar-refractivity contribution in [2.75, 3.05) is 19.7 Å². The molecule has 2 aliphatic heterocycles. The number of carbonyl (C=O) groups excluding carboxylic acids is 3. The average Bonchev–Trinajstić information content (AvgIpc) is 3.11. The van der Waals surface area contributed by atoms with Gasteiger partial charge in [0.1, 0.15) is 30.8 Å². The standard InChI is InChI=1S/C37H36ClN5O6/c38-30-13-6-7-14-32(30)49-34(45)23-43-22-27-16-17-28(21-31(27)40-36(43)42-37(46)48-24-25-9-2-1-3-10-25)47-20-8-15-33(44)41-35-29-12-5-4-11-26(29)18-19-39-35/h1-7,9-14,16-17,21,35,39H,8,15,18-20,22-24H2,(H,41,44)(H,40,42,46). The molecule has 0 bridgehead atoms. The van der Waals surface area contributed by atoms with Gasteiger partial charge in [0.05, 0.1) is 17.3 Å². The third-order valence-corrected chi connectivity index (χ3v) is 8.29. The molecule has 2 heterocycles. The van der Waals surface area contributed by atoms with Gasteiger partial charge in [0.25, 0.3) is 0 Å². The zero-order valence-electron chi connectivity index (χ0n) is 26.7. The van der Waals surface area contributed by atoms with Gasteiger partial charge in [-0.1, -0.05) is 84.4 Å². The van der Waals surface area contributed by atoms with Gasteiger partial charge in [-0.05, 0) is 53.3 Å². The van der Waals surface area contributed by atoms with Crippen LogP contribution in [0.2, 0.25) is 5.02 Å². The van der Waals surface area contributed by atoms with E-state index in [0.29, 0.717) is 35.9 Å². The molecular weight excluding hydrogens is 646 g/mol. The van der Waals surface area contributed by atoms with Crippen LogP contribution in [0.3, 0.4) is 0 Å². The number of benzene rings is 4. The molecule has 4 aromatic rings. The van der Waals surface area contributed by atoms with Crippen molar-refractivity contribution in [3.8, 4) is 11.5 Å². The summed E-state index contributed by atoms with van der Waals surface area (Å²) < 4.78 is 16.8. The van der Waals surface area contributed by atoms with Gasteiger partial charge < -0.3 is 24.4 Å². The third kappa shape index (κ3) is 9.16. The third-order valence-electron chi connectivity index (χ3n) is 7.98. The van der Waals surface area contributed by atoms with E-state index in [4.69, 9.17) is 25.8 Å². The van der Waals surface area contributed by atoms with E-state index in [2.05, 4.69) is 27.0 Å². The summed E-state index contributed by atoms with van der Waals surface area (Å²) in [6.07, 6.45) is 0.829. The molecule has 1 unspecified atom stereocenters. The van der Waals surface area contributed by atoms with Crippen LogP contribution in [0.15, 0.2) is 102 Å². The summed E-state index contributed by atoms with van der Waals surface area (Å²) in [5.74, 6) is 0.263. The maximum absolute atomic E-state index is 12.9. The Labute approximate surface area is 289 Å². The number of halogens is 1. The molecule has 0 aliphatic carbocycles. The number of carbonyl (C=O) groups is 3. The maximum Gasteiger partial charge on any atom is 0.414 e. The number of amides is 2. The Morgan fingerprint density at radius 1 is 0.939 bits per heavy atom. The number of ether oxygens (including phenoxy) is 3. The second kappa shape index (κ2) is 16.1. The van der Waals surface area contributed by atoms with Crippen LogP contribution in [-0.2, 0) is 33.9 Å². The van der Waals surface area contributed by atoms with E-state index in [0.717, 1.165) is 29.7 Å². The Bertz CT molecular complexity index is 1840. The molecule has 0 saturated heterocycles. The number of nitrogens with zero attached hydrogens (tertiary/aromatic N) is 2. The average molecular weight is 682 g/mol. The number of fused-ring (bicyclic) bond motifs is 2. The lowest BCUT2D eigenvalue weighted by Crippen LogP contribution is -2.47. The Morgan fingerprint density at radius 3 is 2.59 bits per heavy atom. The van der Waals surface area contributed by atoms with Gasteiger partial charge in [-0.2, -0.15) is 0 Å². The molecule has 1 atom stereocenters. The maximum atomic E-state index is 12.9. The predicted octanol–water partition coefficient (Wildman–Crippen LogP) is 5.79. The summed E-state index contributed by atoms with van der Waals surface area (Å²) in [7, 11) is 0. The number of nitrogens with one attached hydrogen (secondary N) is 3. The fraction of sp³-hybridized carbons (Fsp3) is 0.243. The van der Waals surface area contributed by atoms with E-state index < -0.39 is 12.1 Å². The van der Waals surface area contributed by atoms with Crippen molar-refractivity contribution in [3.63, 3.8) is 0 Å². The molecule has 252 valence electrons. The van der Waals surface area contributed by atoms with Gasteiger partial charge in [-0.3, -0.25) is 15.4 Å².